The predicted molar refractivity (Wildman–Crippen MR) is 59.1 cm³/mol. The zero-order valence-electron chi connectivity index (χ0n) is 8.83. The molecule has 0 aromatic carbocycles. The minimum absolute atomic E-state index is 0.0879. The number of urea groups is 1. The van der Waals surface area contributed by atoms with Gasteiger partial charge in [0, 0.05) is 12.4 Å². The van der Waals surface area contributed by atoms with Crippen LogP contribution in [0.4, 0.5) is 10.7 Å². The molecule has 0 aliphatic rings. The van der Waals surface area contributed by atoms with Crippen LogP contribution in [-0.4, -0.2) is 45.1 Å². The van der Waals surface area contributed by atoms with Gasteiger partial charge in [0.1, 0.15) is 6.54 Å². The molecule has 17 heavy (non-hydrogen) atoms. The molecule has 1 aromatic rings. The number of hydrogen-bond acceptors (Lipinski definition) is 4. The van der Waals surface area contributed by atoms with Gasteiger partial charge in [-0.3, -0.25) is 10.1 Å². The largest absolute Gasteiger partial charge is 0.480 e. The summed E-state index contributed by atoms with van der Waals surface area (Å²) in [6.07, 6.45) is 7.94. The van der Waals surface area contributed by atoms with Crippen molar-refractivity contribution in [2.75, 3.05) is 18.4 Å². The molecule has 2 N–H and O–H groups in total. The van der Waals surface area contributed by atoms with Crippen molar-refractivity contribution in [3.8, 4) is 12.3 Å². The third-order valence-electron chi connectivity index (χ3n) is 1.68. The maximum absolute atomic E-state index is 11.6. The van der Waals surface area contributed by atoms with Crippen LogP contribution in [-0.2, 0) is 4.79 Å². The molecule has 0 aliphatic carbocycles. The lowest BCUT2D eigenvalue weighted by Crippen LogP contribution is -2.39. The number of carbonyl (C=O) groups is 2. The highest BCUT2D eigenvalue weighted by Crippen LogP contribution is 1.98. The molecule has 0 saturated heterocycles. The summed E-state index contributed by atoms with van der Waals surface area (Å²) >= 11 is 0. The smallest absolute Gasteiger partial charge is 0.325 e. The van der Waals surface area contributed by atoms with E-state index in [0.29, 0.717) is 0 Å². The van der Waals surface area contributed by atoms with E-state index in [0.717, 1.165) is 4.90 Å². The Hall–Kier alpha value is -2.62. The van der Waals surface area contributed by atoms with Gasteiger partial charge in [-0.2, -0.15) is 0 Å². The number of nitrogens with one attached hydrogen (secondary N) is 1. The van der Waals surface area contributed by atoms with Crippen LogP contribution in [0.15, 0.2) is 18.5 Å². The zero-order valence-corrected chi connectivity index (χ0v) is 8.83. The van der Waals surface area contributed by atoms with Crippen LogP contribution in [0, 0.1) is 12.3 Å². The summed E-state index contributed by atoms with van der Waals surface area (Å²) in [5.74, 6) is 1.14. The molecule has 1 heterocycles. The molecule has 2 amide bonds. The highest BCUT2D eigenvalue weighted by Gasteiger charge is 2.16. The molecule has 0 atom stereocenters. The number of aromatic nitrogens is 2. The number of amides is 2. The minimum Gasteiger partial charge on any atom is -0.480 e. The van der Waals surface area contributed by atoms with Crippen molar-refractivity contribution < 1.29 is 14.7 Å². The lowest BCUT2D eigenvalue weighted by Gasteiger charge is -2.17. The summed E-state index contributed by atoms with van der Waals surface area (Å²) in [6, 6.07) is 0.933. The highest BCUT2D eigenvalue weighted by atomic mass is 16.4. The van der Waals surface area contributed by atoms with Gasteiger partial charge in [-0.15, -0.1) is 6.42 Å². The van der Waals surface area contributed by atoms with Crippen LogP contribution < -0.4 is 5.32 Å². The third-order valence-corrected chi connectivity index (χ3v) is 1.68. The molecule has 88 valence electrons. The van der Waals surface area contributed by atoms with E-state index in [9.17, 15) is 9.59 Å². The third kappa shape index (κ3) is 4.17. The first-order valence-electron chi connectivity index (χ1n) is 4.61. The van der Waals surface area contributed by atoms with Gasteiger partial charge in [0.25, 0.3) is 0 Å². The fourth-order valence-corrected chi connectivity index (χ4v) is 1.01. The normalized spacial score (nSPS) is 9.12. The van der Waals surface area contributed by atoms with Crippen molar-refractivity contribution in [2.45, 2.75) is 0 Å². The number of anilines is 1. The quantitative estimate of drug-likeness (QED) is 0.716. The molecule has 0 spiro atoms. The summed E-state index contributed by atoms with van der Waals surface area (Å²) < 4.78 is 0. The van der Waals surface area contributed by atoms with Crippen LogP contribution in [0.2, 0.25) is 0 Å². The first kappa shape index (κ1) is 12.4. The van der Waals surface area contributed by atoms with Crippen molar-refractivity contribution in [3.05, 3.63) is 18.5 Å². The second kappa shape index (κ2) is 6.07. The summed E-state index contributed by atoms with van der Waals surface area (Å²) in [7, 11) is 0. The zero-order chi connectivity index (χ0) is 12.7. The summed E-state index contributed by atoms with van der Waals surface area (Å²) in [5.41, 5.74) is 0. The Labute approximate surface area is 97.5 Å². The van der Waals surface area contributed by atoms with Crippen LogP contribution in [0.3, 0.4) is 0 Å². The maximum atomic E-state index is 11.6. The molecule has 0 radical (unpaired) electrons. The molecule has 1 rings (SSSR count). The number of carbonyl (C=O) groups excluding carboxylic acids is 1. The molecule has 7 heteroatoms. The minimum atomic E-state index is -1.15. The van der Waals surface area contributed by atoms with Crippen molar-refractivity contribution >= 4 is 17.9 Å². The van der Waals surface area contributed by atoms with E-state index in [1.165, 1.54) is 12.4 Å². The average Bonchev–Trinajstić information content (AvgIpc) is 2.29. The van der Waals surface area contributed by atoms with Crippen LogP contribution in [0.25, 0.3) is 0 Å². The summed E-state index contributed by atoms with van der Waals surface area (Å²) in [4.78, 5) is 30.6. The second-order valence-electron chi connectivity index (χ2n) is 2.96. The highest BCUT2D eigenvalue weighted by molar-refractivity contribution is 5.89. The van der Waals surface area contributed by atoms with E-state index in [4.69, 9.17) is 11.5 Å². The molecule has 0 saturated carbocycles. The van der Waals surface area contributed by atoms with E-state index in [1.807, 2.05) is 0 Å². The Morgan fingerprint density at radius 1 is 1.47 bits per heavy atom. The van der Waals surface area contributed by atoms with E-state index in [-0.39, 0.29) is 12.5 Å². The fraction of sp³-hybridized carbons (Fsp3) is 0.200. The summed E-state index contributed by atoms with van der Waals surface area (Å²) in [5, 5.41) is 10.9. The van der Waals surface area contributed by atoms with Gasteiger partial charge >= 0.3 is 12.0 Å². The Morgan fingerprint density at radius 3 is 2.65 bits per heavy atom. The van der Waals surface area contributed by atoms with Gasteiger partial charge in [-0.1, -0.05) is 5.92 Å². The van der Waals surface area contributed by atoms with E-state index >= 15 is 0 Å². The predicted octanol–water partition coefficient (Wildman–Crippen LogP) is 0.0283. The number of rotatable bonds is 4. The fourth-order valence-electron chi connectivity index (χ4n) is 1.01. The number of terminal acetylenes is 1. The van der Waals surface area contributed by atoms with Gasteiger partial charge in [0.05, 0.1) is 6.54 Å². The second-order valence-corrected chi connectivity index (χ2v) is 2.96. The molecule has 0 aliphatic heterocycles. The first-order valence-corrected chi connectivity index (χ1v) is 4.61. The topological polar surface area (TPSA) is 95.4 Å². The average molecular weight is 234 g/mol. The summed E-state index contributed by atoms with van der Waals surface area (Å²) in [6.45, 7) is -0.589. The number of aliphatic carboxylic acids is 1. The van der Waals surface area contributed by atoms with Gasteiger partial charge < -0.3 is 10.0 Å². The van der Waals surface area contributed by atoms with E-state index in [2.05, 4.69) is 21.2 Å². The molecule has 0 unspecified atom stereocenters. The number of carboxylic acid groups (broad SMARTS) is 1. The monoisotopic (exact) mass is 234 g/mol. The number of hydrogen-bond donors (Lipinski definition) is 2. The van der Waals surface area contributed by atoms with Gasteiger partial charge in [-0.25, -0.2) is 14.8 Å². The molecular formula is C10H10N4O3. The van der Waals surface area contributed by atoms with E-state index in [1.54, 1.807) is 6.07 Å². The Morgan fingerprint density at radius 2 is 2.12 bits per heavy atom. The molecule has 0 fully saturated rings. The van der Waals surface area contributed by atoms with Crippen molar-refractivity contribution in [2.24, 2.45) is 0 Å². The van der Waals surface area contributed by atoms with Crippen LogP contribution in [0.1, 0.15) is 0 Å². The Bertz CT molecular complexity index is 441. The van der Waals surface area contributed by atoms with Crippen molar-refractivity contribution in [1.82, 2.24) is 14.9 Å². The molecule has 7 nitrogen and oxygen atoms in total. The lowest BCUT2D eigenvalue weighted by atomic mass is 10.5. The lowest BCUT2D eigenvalue weighted by molar-refractivity contribution is -0.137. The molecule has 0 bridgehead atoms. The standard InChI is InChI=1S/C10H10N4O3/c1-2-6-14(7-8(15)16)10(17)13-9-11-4-3-5-12-9/h1,3-5H,6-7H2,(H,15,16)(H,11,12,13,17). The van der Waals surface area contributed by atoms with Crippen LogP contribution in [0.5, 0.6) is 0 Å². The van der Waals surface area contributed by atoms with Gasteiger partial charge in [-0.05, 0) is 6.07 Å². The maximum Gasteiger partial charge on any atom is 0.325 e. The first-order chi connectivity index (χ1) is 8.13. The van der Waals surface area contributed by atoms with Crippen molar-refractivity contribution in [1.29, 1.82) is 0 Å². The number of carboxylic acids is 1. The van der Waals surface area contributed by atoms with Gasteiger partial charge in [0.15, 0.2) is 0 Å². The van der Waals surface area contributed by atoms with E-state index < -0.39 is 18.5 Å². The SMILES string of the molecule is C#CCN(CC(=O)O)C(=O)Nc1ncccn1. The number of nitrogens with zero attached hydrogens (tertiary/aromatic N) is 3. The Kier molecular flexibility index (Phi) is 4.45. The van der Waals surface area contributed by atoms with Crippen molar-refractivity contribution in [3.63, 3.8) is 0 Å². The Balaban J connectivity index is 2.66. The van der Waals surface area contributed by atoms with Gasteiger partial charge in [0.2, 0.25) is 5.95 Å². The molecular weight excluding hydrogens is 224 g/mol. The molecule has 1 aromatic heterocycles. The van der Waals surface area contributed by atoms with Crippen LogP contribution >= 0.6 is 0 Å².